The summed E-state index contributed by atoms with van der Waals surface area (Å²) in [5.74, 6) is 0.728. The zero-order valence-corrected chi connectivity index (χ0v) is 21.7. The van der Waals surface area contributed by atoms with Gasteiger partial charge in [0.15, 0.2) is 10.7 Å². The Morgan fingerprint density at radius 3 is 2.69 bits per heavy atom. The number of H-pyrrole nitrogens is 1. The van der Waals surface area contributed by atoms with Crippen molar-refractivity contribution in [1.82, 2.24) is 24.5 Å². The van der Waals surface area contributed by atoms with Crippen LogP contribution in [-0.2, 0) is 10.0 Å². The van der Waals surface area contributed by atoms with Crippen molar-refractivity contribution in [2.45, 2.75) is 51.5 Å². The van der Waals surface area contributed by atoms with Gasteiger partial charge < -0.3 is 14.6 Å². The molecule has 4 rings (SSSR count). The van der Waals surface area contributed by atoms with Gasteiger partial charge in [0.05, 0.1) is 12.2 Å². The molecule has 1 aliphatic rings. The van der Waals surface area contributed by atoms with E-state index in [4.69, 9.17) is 9.72 Å². The number of ether oxygens (including phenoxy) is 1. The van der Waals surface area contributed by atoms with E-state index in [1.807, 2.05) is 23.5 Å². The number of nitrogens with one attached hydrogen (secondary N) is 2. The number of aryl methyl sites for hydroxylation is 1. The van der Waals surface area contributed by atoms with Crippen LogP contribution in [0, 0.1) is 12.8 Å². The number of hydrogen-bond donors (Lipinski definition) is 2. The first-order valence-electron chi connectivity index (χ1n) is 11.7. The minimum atomic E-state index is -4.41. The van der Waals surface area contributed by atoms with Gasteiger partial charge in [-0.25, -0.2) is 22.8 Å². The van der Waals surface area contributed by atoms with E-state index < -0.39 is 26.4 Å². The number of nitrogens with zero attached hydrogens (tertiary/aromatic N) is 4. The Morgan fingerprint density at radius 1 is 1.31 bits per heavy atom. The lowest BCUT2D eigenvalue weighted by molar-refractivity contribution is 0.0981. The number of anilines is 1. The number of hydrogen-bond acceptors (Lipinski definition) is 8. The molecule has 2 N–H and O–H groups in total. The molecule has 12 heteroatoms. The maximum absolute atomic E-state index is 13.3. The number of aromatic amines is 1. The summed E-state index contributed by atoms with van der Waals surface area (Å²) in [5.41, 5.74) is -0.242. The molecule has 192 valence electrons. The maximum Gasteiger partial charge on any atom is 0.269 e. The van der Waals surface area contributed by atoms with Crippen molar-refractivity contribution >= 4 is 21.7 Å². The summed E-state index contributed by atoms with van der Waals surface area (Å²) in [6.45, 7) is 11.1. The molecule has 1 fully saturated rings. The lowest BCUT2D eigenvalue weighted by Crippen LogP contribution is -2.41. The highest BCUT2D eigenvalue weighted by atomic mass is 32.2. The van der Waals surface area contributed by atoms with Gasteiger partial charge in [-0.3, -0.25) is 9.59 Å². The number of pyridine rings is 2. The summed E-state index contributed by atoms with van der Waals surface area (Å²) < 4.78 is 34.8. The molecular weight excluding hydrogens is 484 g/mol. The van der Waals surface area contributed by atoms with E-state index in [1.54, 1.807) is 16.9 Å². The van der Waals surface area contributed by atoms with Crippen LogP contribution in [0.2, 0.25) is 0 Å². The zero-order chi connectivity index (χ0) is 26.3. The second kappa shape index (κ2) is 9.41. The lowest BCUT2D eigenvalue weighted by atomic mass is 9.97. The molecule has 0 bridgehead atoms. The van der Waals surface area contributed by atoms with Crippen LogP contribution in [0.15, 0.2) is 46.3 Å². The number of carbonyl (C=O) groups is 1. The third-order valence-corrected chi connectivity index (χ3v) is 7.45. The zero-order valence-electron chi connectivity index (χ0n) is 20.9. The minimum Gasteiger partial charge on any atom is -0.477 e. The monoisotopic (exact) mass is 514 g/mol. The molecule has 11 nitrogen and oxygen atoms in total. The molecule has 0 unspecified atom stereocenters. The van der Waals surface area contributed by atoms with Crippen LogP contribution in [0.25, 0.3) is 5.82 Å². The summed E-state index contributed by atoms with van der Waals surface area (Å²) in [7, 11) is -4.41. The molecule has 1 amide bonds. The fourth-order valence-corrected chi connectivity index (χ4v) is 5.62. The summed E-state index contributed by atoms with van der Waals surface area (Å²) in [5, 5.41) is 4.45. The van der Waals surface area contributed by atoms with Crippen molar-refractivity contribution in [3.05, 3.63) is 58.1 Å². The van der Waals surface area contributed by atoms with Crippen molar-refractivity contribution in [2.24, 2.45) is 5.92 Å². The molecule has 3 aromatic rings. The molecule has 1 atom stereocenters. The predicted octanol–water partition coefficient (Wildman–Crippen LogP) is 2.41. The van der Waals surface area contributed by atoms with Gasteiger partial charge >= 0.3 is 0 Å². The molecule has 4 heterocycles. The van der Waals surface area contributed by atoms with Crippen LogP contribution in [0.5, 0.6) is 5.88 Å². The Bertz CT molecular complexity index is 1460. The molecular formula is C24H30N6O5S. The first-order valence-corrected chi connectivity index (χ1v) is 13.1. The summed E-state index contributed by atoms with van der Waals surface area (Å²) in [6, 6.07) is 5.63. The molecule has 36 heavy (non-hydrogen) atoms. The van der Waals surface area contributed by atoms with Gasteiger partial charge in [0, 0.05) is 30.0 Å². The van der Waals surface area contributed by atoms with E-state index in [2.05, 4.69) is 30.9 Å². The van der Waals surface area contributed by atoms with E-state index >= 15 is 0 Å². The highest BCUT2D eigenvalue weighted by molar-refractivity contribution is 7.90. The average molecular weight is 515 g/mol. The Hall–Kier alpha value is -3.67. The molecule has 1 aliphatic heterocycles. The number of carbonyl (C=O) groups excluding carboxylic acids is 1. The predicted molar refractivity (Wildman–Crippen MR) is 134 cm³/mol. The second-order valence-corrected chi connectivity index (χ2v) is 11.2. The third kappa shape index (κ3) is 4.85. The Balaban J connectivity index is 1.78. The van der Waals surface area contributed by atoms with E-state index in [0.29, 0.717) is 36.6 Å². The SMILES string of the molecule is CCOc1nn(-c2ccc(C(=O)NS(=O)(=O)c3ccc[nH]c3=O)c(N3C[C@@H](C)CC3(C)C)n2)cc1C. The second-order valence-electron chi connectivity index (χ2n) is 9.57. The topological polar surface area (TPSA) is 139 Å². The fraction of sp³-hybridized carbons (Fsp3) is 0.417. The van der Waals surface area contributed by atoms with Gasteiger partial charge in [-0.15, -0.1) is 5.10 Å². The molecule has 0 radical (unpaired) electrons. The number of amides is 1. The Morgan fingerprint density at radius 2 is 2.06 bits per heavy atom. The number of sulfonamides is 1. The highest BCUT2D eigenvalue weighted by Gasteiger charge is 2.39. The normalized spacial score (nSPS) is 17.2. The van der Waals surface area contributed by atoms with E-state index in [9.17, 15) is 18.0 Å². The quantitative estimate of drug-likeness (QED) is 0.490. The van der Waals surface area contributed by atoms with Crippen LogP contribution >= 0.6 is 0 Å². The van der Waals surface area contributed by atoms with Crippen LogP contribution in [0.3, 0.4) is 0 Å². The van der Waals surface area contributed by atoms with Gasteiger partial charge in [0.1, 0.15) is 5.82 Å². The van der Waals surface area contributed by atoms with E-state index in [1.165, 1.54) is 18.3 Å². The van der Waals surface area contributed by atoms with Gasteiger partial charge in [-0.05, 0) is 64.3 Å². The standard InChI is InChI=1S/C24H30N6O5S/c1-6-35-23-16(3)14-30(27-23)19-10-9-17(20(26-19)29-13-15(2)12-24(29,4)5)21(31)28-36(33,34)18-8-7-11-25-22(18)32/h7-11,14-15H,6,12-13H2,1-5H3,(H,25,32)(H,28,31)/t15-/m0/s1. The van der Waals surface area contributed by atoms with E-state index in [0.717, 1.165) is 18.1 Å². The molecule has 0 aliphatic carbocycles. The molecule has 0 aromatic carbocycles. The van der Waals surface area contributed by atoms with Gasteiger partial charge in [-0.2, -0.15) is 0 Å². The van der Waals surface area contributed by atoms with E-state index in [-0.39, 0.29) is 11.1 Å². The summed E-state index contributed by atoms with van der Waals surface area (Å²) in [4.78, 5) is 33.9. The van der Waals surface area contributed by atoms with Crippen LogP contribution in [0.4, 0.5) is 5.82 Å². The van der Waals surface area contributed by atoms with Crippen molar-refractivity contribution in [3.8, 4) is 11.7 Å². The van der Waals surface area contributed by atoms with Crippen LogP contribution in [-0.4, -0.2) is 52.8 Å². The summed E-state index contributed by atoms with van der Waals surface area (Å²) in [6.07, 6.45) is 3.96. The lowest BCUT2D eigenvalue weighted by Gasteiger charge is -2.34. The smallest absolute Gasteiger partial charge is 0.269 e. The molecule has 1 saturated heterocycles. The third-order valence-electron chi connectivity index (χ3n) is 6.10. The van der Waals surface area contributed by atoms with Crippen molar-refractivity contribution < 1.29 is 17.9 Å². The first-order chi connectivity index (χ1) is 16.9. The first kappa shape index (κ1) is 25.4. The van der Waals surface area contributed by atoms with Crippen molar-refractivity contribution in [1.29, 1.82) is 0 Å². The highest BCUT2D eigenvalue weighted by Crippen LogP contribution is 2.37. The van der Waals surface area contributed by atoms with Gasteiger partial charge in [0.25, 0.3) is 21.5 Å². The van der Waals surface area contributed by atoms with Crippen molar-refractivity contribution in [3.63, 3.8) is 0 Å². The number of rotatable bonds is 7. The fourth-order valence-electron chi connectivity index (χ4n) is 4.60. The van der Waals surface area contributed by atoms with Crippen LogP contribution < -0.4 is 19.9 Å². The van der Waals surface area contributed by atoms with Crippen molar-refractivity contribution in [2.75, 3.05) is 18.1 Å². The minimum absolute atomic E-state index is 0.0748. The Labute approximate surface area is 209 Å². The maximum atomic E-state index is 13.3. The van der Waals surface area contributed by atoms with Crippen LogP contribution in [0.1, 0.15) is 50.0 Å². The van der Waals surface area contributed by atoms with Gasteiger partial charge in [0.2, 0.25) is 5.88 Å². The molecule has 0 saturated carbocycles. The molecule has 3 aromatic heterocycles. The largest absolute Gasteiger partial charge is 0.477 e. The molecule has 0 spiro atoms. The number of aromatic nitrogens is 4. The van der Waals surface area contributed by atoms with Gasteiger partial charge in [-0.1, -0.05) is 6.92 Å². The Kier molecular flexibility index (Phi) is 6.65. The summed E-state index contributed by atoms with van der Waals surface area (Å²) >= 11 is 0. The average Bonchev–Trinajstić information content (AvgIpc) is 3.30.